The Balaban J connectivity index is 2.11. The Morgan fingerprint density at radius 3 is 2.81 bits per heavy atom. The van der Waals surface area contributed by atoms with Crippen LogP contribution in [0.4, 0.5) is 0 Å². The van der Waals surface area contributed by atoms with Gasteiger partial charge in [-0.05, 0) is 45.3 Å². The van der Waals surface area contributed by atoms with Crippen LogP contribution in [-0.2, 0) is 0 Å². The van der Waals surface area contributed by atoms with Crippen LogP contribution in [0.2, 0.25) is 5.02 Å². The summed E-state index contributed by atoms with van der Waals surface area (Å²) in [5, 5.41) is 1.75. The van der Waals surface area contributed by atoms with Gasteiger partial charge >= 0.3 is 0 Å². The molecule has 5 heteroatoms. The molecular weight excluding hydrogens is 350 g/mol. The van der Waals surface area contributed by atoms with Crippen molar-refractivity contribution in [2.75, 3.05) is 0 Å². The number of rotatable bonds is 3. The van der Waals surface area contributed by atoms with Crippen molar-refractivity contribution >= 4 is 38.4 Å². The maximum Gasteiger partial charge on any atom is 0.0725 e. The fourth-order valence-electron chi connectivity index (χ4n) is 2.37. The fraction of sp³-hybridized carbons (Fsp3) is 0.0625. The second kappa shape index (κ2) is 6.12. The summed E-state index contributed by atoms with van der Waals surface area (Å²) in [6.07, 6.45) is 1.78. The third-order valence-corrected chi connectivity index (χ3v) is 4.73. The van der Waals surface area contributed by atoms with Gasteiger partial charge in [-0.1, -0.05) is 41.9 Å². The van der Waals surface area contributed by atoms with Gasteiger partial charge in [-0.2, -0.15) is 0 Å². The number of nitrogens with two attached hydrogens (primary N) is 1. The molecule has 2 aromatic carbocycles. The number of hydrazine groups is 1. The molecule has 3 N–H and O–H groups in total. The van der Waals surface area contributed by atoms with Crippen molar-refractivity contribution in [3.8, 4) is 0 Å². The lowest BCUT2D eigenvalue weighted by atomic mass is 9.98. The van der Waals surface area contributed by atoms with E-state index >= 15 is 0 Å². The molecule has 0 bridgehead atoms. The minimum Gasteiger partial charge on any atom is -0.271 e. The monoisotopic (exact) mass is 361 g/mol. The van der Waals surface area contributed by atoms with Crippen molar-refractivity contribution in [2.24, 2.45) is 5.84 Å². The summed E-state index contributed by atoms with van der Waals surface area (Å²) in [6, 6.07) is 15.7. The van der Waals surface area contributed by atoms with E-state index in [1.807, 2.05) is 48.5 Å². The first-order chi connectivity index (χ1) is 10.2. The number of benzene rings is 2. The van der Waals surface area contributed by atoms with Gasteiger partial charge in [0.2, 0.25) is 0 Å². The van der Waals surface area contributed by atoms with Crippen molar-refractivity contribution in [3.05, 3.63) is 75.4 Å². The fourth-order valence-corrected chi connectivity index (χ4v) is 2.99. The molecule has 106 valence electrons. The predicted molar refractivity (Wildman–Crippen MR) is 90.1 cm³/mol. The highest BCUT2D eigenvalue weighted by Gasteiger charge is 2.17. The summed E-state index contributed by atoms with van der Waals surface area (Å²) in [5.41, 5.74) is 5.70. The highest BCUT2D eigenvalue weighted by Crippen LogP contribution is 2.33. The SMILES string of the molecule is NNC(c1ccc2cccnc2c1)c1cccc(Br)c1Cl. The third-order valence-electron chi connectivity index (χ3n) is 3.42. The zero-order valence-electron chi connectivity index (χ0n) is 11.1. The lowest BCUT2D eigenvalue weighted by Gasteiger charge is -2.19. The lowest BCUT2D eigenvalue weighted by molar-refractivity contribution is 0.637. The molecule has 3 aromatic rings. The van der Waals surface area contributed by atoms with Gasteiger partial charge in [0.05, 0.1) is 16.6 Å². The van der Waals surface area contributed by atoms with Crippen molar-refractivity contribution in [3.63, 3.8) is 0 Å². The van der Waals surface area contributed by atoms with E-state index in [1.165, 1.54) is 0 Å². The molecule has 0 fully saturated rings. The van der Waals surface area contributed by atoms with Crippen LogP contribution in [-0.4, -0.2) is 4.98 Å². The highest BCUT2D eigenvalue weighted by atomic mass is 79.9. The molecule has 0 aliphatic rings. The number of pyridine rings is 1. The van der Waals surface area contributed by atoms with E-state index in [0.717, 1.165) is 26.5 Å². The molecule has 0 spiro atoms. The normalized spacial score (nSPS) is 12.5. The van der Waals surface area contributed by atoms with Gasteiger partial charge in [0, 0.05) is 16.1 Å². The summed E-state index contributed by atoms with van der Waals surface area (Å²) in [5.74, 6) is 5.76. The van der Waals surface area contributed by atoms with Crippen LogP contribution in [0.15, 0.2) is 59.2 Å². The number of nitrogens with zero attached hydrogens (tertiary/aromatic N) is 1. The van der Waals surface area contributed by atoms with E-state index in [2.05, 4.69) is 26.3 Å². The number of aromatic nitrogens is 1. The second-order valence-electron chi connectivity index (χ2n) is 4.70. The van der Waals surface area contributed by atoms with E-state index < -0.39 is 0 Å². The van der Waals surface area contributed by atoms with Crippen LogP contribution in [0.1, 0.15) is 17.2 Å². The van der Waals surface area contributed by atoms with Crippen molar-refractivity contribution in [1.29, 1.82) is 0 Å². The first-order valence-electron chi connectivity index (χ1n) is 6.45. The smallest absolute Gasteiger partial charge is 0.0725 e. The minimum atomic E-state index is -0.193. The van der Waals surface area contributed by atoms with E-state index in [-0.39, 0.29) is 6.04 Å². The van der Waals surface area contributed by atoms with Crippen LogP contribution in [0.25, 0.3) is 10.9 Å². The van der Waals surface area contributed by atoms with Crippen LogP contribution < -0.4 is 11.3 Å². The Morgan fingerprint density at radius 1 is 1.14 bits per heavy atom. The number of halogens is 2. The number of nitrogens with one attached hydrogen (secondary N) is 1. The molecule has 0 aliphatic heterocycles. The molecule has 1 heterocycles. The van der Waals surface area contributed by atoms with E-state index in [1.54, 1.807) is 6.20 Å². The Kier molecular flexibility index (Phi) is 4.22. The maximum absolute atomic E-state index is 6.38. The largest absolute Gasteiger partial charge is 0.271 e. The zero-order valence-corrected chi connectivity index (χ0v) is 13.4. The van der Waals surface area contributed by atoms with Gasteiger partial charge < -0.3 is 0 Å². The van der Waals surface area contributed by atoms with Gasteiger partial charge in [0.25, 0.3) is 0 Å². The first-order valence-corrected chi connectivity index (χ1v) is 7.62. The van der Waals surface area contributed by atoms with Crippen molar-refractivity contribution in [2.45, 2.75) is 6.04 Å². The Bertz CT molecular complexity index is 791. The molecule has 1 atom stereocenters. The van der Waals surface area contributed by atoms with Crippen LogP contribution in [0.5, 0.6) is 0 Å². The molecule has 21 heavy (non-hydrogen) atoms. The summed E-state index contributed by atoms with van der Waals surface area (Å²) >= 11 is 9.82. The highest BCUT2D eigenvalue weighted by molar-refractivity contribution is 9.10. The number of fused-ring (bicyclic) bond motifs is 1. The predicted octanol–water partition coefficient (Wildman–Crippen LogP) is 4.20. The molecular formula is C16H13BrClN3. The molecule has 0 amide bonds. The standard InChI is InChI=1S/C16H13BrClN3/c17-13-5-1-4-12(15(13)18)16(21-19)11-7-6-10-3-2-8-20-14(10)9-11/h1-9,16,21H,19H2. The quantitative estimate of drug-likeness (QED) is 0.542. The first kappa shape index (κ1) is 14.5. The molecule has 0 saturated carbocycles. The molecule has 0 aliphatic carbocycles. The number of hydrogen-bond acceptors (Lipinski definition) is 3. The van der Waals surface area contributed by atoms with E-state index in [4.69, 9.17) is 17.4 Å². The average molecular weight is 363 g/mol. The Hall–Kier alpha value is -1.46. The van der Waals surface area contributed by atoms with Gasteiger partial charge in [0.1, 0.15) is 0 Å². The minimum absolute atomic E-state index is 0.193. The van der Waals surface area contributed by atoms with Crippen LogP contribution >= 0.6 is 27.5 Å². The number of hydrogen-bond donors (Lipinski definition) is 2. The molecule has 1 aromatic heterocycles. The summed E-state index contributed by atoms with van der Waals surface area (Å²) in [4.78, 5) is 4.38. The topological polar surface area (TPSA) is 50.9 Å². The van der Waals surface area contributed by atoms with E-state index in [9.17, 15) is 0 Å². The van der Waals surface area contributed by atoms with Crippen molar-refractivity contribution < 1.29 is 0 Å². The van der Waals surface area contributed by atoms with Gasteiger partial charge in [-0.25, -0.2) is 5.43 Å². The Labute approximate surface area is 136 Å². The van der Waals surface area contributed by atoms with Gasteiger partial charge in [-0.3, -0.25) is 10.8 Å². The van der Waals surface area contributed by atoms with Gasteiger partial charge in [-0.15, -0.1) is 0 Å². The molecule has 0 saturated heterocycles. The van der Waals surface area contributed by atoms with E-state index in [0.29, 0.717) is 5.02 Å². The molecule has 3 nitrogen and oxygen atoms in total. The second-order valence-corrected chi connectivity index (χ2v) is 5.93. The maximum atomic E-state index is 6.38. The molecule has 1 unspecified atom stereocenters. The zero-order chi connectivity index (χ0) is 14.8. The Morgan fingerprint density at radius 2 is 2.00 bits per heavy atom. The third kappa shape index (κ3) is 2.80. The molecule has 3 rings (SSSR count). The van der Waals surface area contributed by atoms with Crippen LogP contribution in [0.3, 0.4) is 0 Å². The van der Waals surface area contributed by atoms with Gasteiger partial charge in [0.15, 0.2) is 0 Å². The van der Waals surface area contributed by atoms with Crippen LogP contribution in [0, 0.1) is 0 Å². The average Bonchev–Trinajstić information content (AvgIpc) is 2.52. The summed E-state index contributed by atoms with van der Waals surface area (Å²) in [6.45, 7) is 0. The molecule has 0 radical (unpaired) electrons. The van der Waals surface area contributed by atoms with Crippen molar-refractivity contribution in [1.82, 2.24) is 10.4 Å². The summed E-state index contributed by atoms with van der Waals surface area (Å²) in [7, 11) is 0. The summed E-state index contributed by atoms with van der Waals surface area (Å²) < 4.78 is 0.848. The lowest BCUT2D eigenvalue weighted by Crippen LogP contribution is -2.29.